The Morgan fingerprint density at radius 1 is 0.365 bits per heavy atom. The van der Waals surface area contributed by atoms with Crippen molar-refractivity contribution >= 4 is 11.9 Å². The molecule has 438 valence electrons. The lowest BCUT2D eigenvalue weighted by atomic mass is 10.0. The standard InChI is InChI=1S/C68H131NO5/c1-3-5-7-9-11-13-15-16-17-18-33-36-39-42-46-50-54-58-62-68(73)74-63-59-55-51-47-43-40-37-34-31-29-27-25-23-21-19-20-22-24-26-28-30-32-35-38-41-45-49-53-57-61-67(72)69-65(64-70)66(71)60-56-52-48-44-14-12-10-8-6-4-2/h19,21,56,60,65-66,70-71H,3-18,20,22-55,57-59,61-64H2,1-2H3,(H,69,72)/b21-19-,60-56+. The summed E-state index contributed by atoms with van der Waals surface area (Å²) in [6, 6.07) is -0.625. The van der Waals surface area contributed by atoms with Crippen LogP contribution in [-0.2, 0) is 14.3 Å². The van der Waals surface area contributed by atoms with Gasteiger partial charge in [0.1, 0.15) is 0 Å². The van der Waals surface area contributed by atoms with Gasteiger partial charge in [0, 0.05) is 12.8 Å². The first kappa shape index (κ1) is 72.3. The molecule has 0 heterocycles. The van der Waals surface area contributed by atoms with Gasteiger partial charge in [-0.25, -0.2) is 0 Å². The van der Waals surface area contributed by atoms with Gasteiger partial charge in [-0.05, 0) is 57.8 Å². The average Bonchev–Trinajstić information content (AvgIpc) is 3.40. The van der Waals surface area contributed by atoms with Gasteiger partial charge in [-0.15, -0.1) is 0 Å². The van der Waals surface area contributed by atoms with E-state index in [-0.39, 0.29) is 18.5 Å². The van der Waals surface area contributed by atoms with Crippen LogP contribution in [0, 0.1) is 0 Å². The summed E-state index contributed by atoms with van der Waals surface area (Å²) in [5.74, 6) is -0.0468. The molecule has 0 fully saturated rings. The first-order valence-electron chi connectivity index (χ1n) is 33.6. The van der Waals surface area contributed by atoms with Crippen LogP contribution >= 0.6 is 0 Å². The van der Waals surface area contributed by atoms with Crippen molar-refractivity contribution in [3.8, 4) is 0 Å². The predicted molar refractivity (Wildman–Crippen MR) is 324 cm³/mol. The number of unbranched alkanes of at least 4 members (excludes halogenated alkanes) is 50. The molecule has 0 bridgehead atoms. The highest BCUT2D eigenvalue weighted by Crippen LogP contribution is 2.18. The highest BCUT2D eigenvalue weighted by atomic mass is 16.5. The SMILES string of the molecule is CCCCCCCCCC/C=C/C(O)C(CO)NC(=O)CCCCCCCCCCCCCCC/C=C\CCCCCCCCCCCCCCOC(=O)CCCCCCCCCCCCCCCCCCCC. The van der Waals surface area contributed by atoms with Crippen molar-refractivity contribution in [2.24, 2.45) is 0 Å². The molecular formula is C68H131NO5. The summed E-state index contributed by atoms with van der Waals surface area (Å²) in [5, 5.41) is 23.0. The molecular weight excluding hydrogens is 911 g/mol. The van der Waals surface area contributed by atoms with Crippen molar-refractivity contribution in [1.29, 1.82) is 0 Å². The Morgan fingerprint density at radius 3 is 0.959 bits per heavy atom. The minimum Gasteiger partial charge on any atom is -0.466 e. The number of nitrogens with one attached hydrogen (secondary N) is 1. The maximum Gasteiger partial charge on any atom is 0.305 e. The fourth-order valence-corrected chi connectivity index (χ4v) is 10.6. The van der Waals surface area contributed by atoms with Gasteiger partial charge >= 0.3 is 5.97 Å². The number of allylic oxidation sites excluding steroid dienone is 3. The number of amides is 1. The van der Waals surface area contributed by atoms with Crippen LogP contribution in [0.3, 0.4) is 0 Å². The molecule has 6 nitrogen and oxygen atoms in total. The van der Waals surface area contributed by atoms with Crippen molar-refractivity contribution in [3.05, 3.63) is 24.3 Å². The van der Waals surface area contributed by atoms with E-state index in [1.807, 2.05) is 6.08 Å². The molecule has 6 heteroatoms. The lowest BCUT2D eigenvalue weighted by molar-refractivity contribution is -0.143. The second-order valence-corrected chi connectivity index (χ2v) is 23.2. The van der Waals surface area contributed by atoms with Gasteiger partial charge in [0.15, 0.2) is 0 Å². The molecule has 0 saturated heterocycles. The molecule has 0 aliphatic heterocycles. The van der Waals surface area contributed by atoms with E-state index in [4.69, 9.17) is 4.74 Å². The summed E-state index contributed by atoms with van der Waals surface area (Å²) >= 11 is 0. The molecule has 74 heavy (non-hydrogen) atoms. The molecule has 0 aromatic heterocycles. The van der Waals surface area contributed by atoms with E-state index in [1.165, 1.54) is 308 Å². The lowest BCUT2D eigenvalue weighted by Gasteiger charge is -2.20. The van der Waals surface area contributed by atoms with E-state index < -0.39 is 12.1 Å². The molecule has 1 amide bonds. The topological polar surface area (TPSA) is 95.9 Å². The van der Waals surface area contributed by atoms with Gasteiger partial charge in [0.2, 0.25) is 5.91 Å². The van der Waals surface area contributed by atoms with Gasteiger partial charge in [-0.2, -0.15) is 0 Å². The summed E-state index contributed by atoms with van der Waals surface area (Å²) in [7, 11) is 0. The minimum absolute atomic E-state index is 0.0210. The van der Waals surface area contributed by atoms with Gasteiger partial charge in [0.25, 0.3) is 0 Å². The molecule has 0 aliphatic carbocycles. The third-order valence-electron chi connectivity index (χ3n) is 15.7. The van der Waals surface area contributed by atoms with E-state index in [2.05, 4.69) is 31.3 Å². The van der Waals surface area contributed by atoms with Crippen LogP contribution in [0.25, 0.3) is 0 Å². The molecule has 2 unspecified atom stereocenters. The zero-order valence-electron chi connectivity index (χ0n) is 50.1. The first-order valence-corrected chi connectivity index (χ1v) is 33.6. The molecule has 0 aromatic rings. The second kappa shape index (κ2) is 63.9. The van der Waals surface area contributed by atoms with Gasteiger partial charge in [0.05, 0.1) is 25.4 Å². The molecule has 3 N–H and O–H groups in total. The quantitative estimate of drug-likeness (QED) is 0.0320. The van der Waals surface area contributed by atoms with Gasteiger partial charge < -0.3 is 20.3 Å². The third-order valence-corrected chi connectivity index (χ3v) is 15.7. The monoisotopic (exact) mass is 1040 g/mol. The Hall–Kier alpha value is -1.66. The van der Waals surface area contributed by atoms with E-state index in [0.29, 0.717) is 19.4 Å². The maximum absolute atomic E-state index is 12.4. The fraction of sp³-hybridized carbons (Fsp3) is 0.912. The van der Waals surface area contributed by atoms with Crippen molar-refractivity contribution in [2.75, 3.05) is 13.2 Å². The summed E-state index contributed by atoms with van der Waals surface area (Å²) in [6.45, 7) is 4.91. The maximum atomic E-state index is 12.4. The number of aliphatic hydroxyl groups excluding tert-OH is 2. The Balaban J connectivity index is 3.33. The lowest BCUT2D eigenvalue weighted by Crippen LogP contribution is -2.45. The molecule has 0 rings (SSSR count). The number of carbonyl (C=O) groups excluding carboxylic acids is 2. The van der Waals surface area contributed by atoms with Crippen LogP contribution in [0.15, 0.2) is 24.3 Å². The molecule has 0 radical (unpaired) electrons. The Bertz CT molecular complexity index is 1150. The molecule has 0 spiro atoms. The van der Waals surface area contributed by atoms with Gasteiger partial charge in [-0.3, -0.25) is 9.59 Å². The van der Waals surface area contributed by atoms with Gasteiger partial charge in [-0.1, -0.05) is 327 Å². The number of carbonyl (C=O) groups is 2. The average molecular weight is 1040 g/mol. The highest BCUT2D eigenvalue weighted by molar-refractivity contribution is 5.76. The third kappa shape index (κ3) is 59.6. The van der Waals surface area contributed by atoms with Crippen LogP contribution in [0.5, 0.6) is 0 Å². The predicted octanol–water partition coefficient (Wildman–Crippen LogP) is 21.4. The van der Waals surface area contributed by atoms with Crippen LogP contribution in [0.4, 0.5) is 0 Å². The van der Waals surface area contributed by atoms with Crippen LogP contribution in [0.1, 0.15) is 373 Å². The summed E-state index contributed by atoms with van der Waals surface area (Å²) in [6.07, 6.45) is 79.7. The number of hydrogen-bond acceptors (Lipinski definition) is 5. The zero-order valence-corrected chi connectivity index (χ0v) is 50.1. The van der Waals surface area contributed by atoms with Crippen molar-refractivity contribution in [3.63, 3.8) is 0 Å². The molecule has 0 aliphatic rings. The van der Waals surface area contributed by atoms with Crippen molar-refractivity contribution < 1.29 is 24.5 Å². The zero-order chi connectivity index (χ0) is 53.6. The number of rotatable bonds is 63. The van der Waals surface area contributed by atoms with E-state index in [0.717, 1.165) is 38.5 Å². The Labute approximate surface area is 462 Å². The fourth-order valence-electron chi connectivity index (χ4n) is 10.6. The van der Waals surface area contributed by atoms with Crippen molar-refractivity contribution in [2.45, 2.75) is 386 Å². The van der Waals surface area contributed by atoms with E-state index in [9.17, 15) is 19.8 Å². The number of esters is 1. The minimum atomic E-state index is -0.841. The second-order valence-electron chi connectivity index (χ2n) is 23.2. The Morgan fingerprint density at radius 2 is 0.635 bits per heavy atom. The number of ether oxygens (including phenoxy) is 1. The Kier molecular flexibility index (Phi) is 62.4. The summed E-state index contributed by atoms with van der Waals surface area (Å²) < 4.78 is 5.51. The van der Waals surface area contributed by atoms with E-state index in [1.54, 1.807) is 6.08 Å². The summed E-state index contributed by atoms with van der Waals surface area (Å²) in [4.78, 5) is 24.5. The van der Waals surface area contributed by atoms with Crippen LogP contribution in [-0.4, -0.2) is 47.4 Å². The largest absolute Gasteiger partial charge is 0.466 e. The van der Waals surface area contributed by atoms with E-state index >= 15 is 0 Å². The highest BCUT2D eigenvalue weighted by Gasteiger charge is 2.18. The van der Waals surface area contributed by atoms with Crippen LogP contribution in [0.2, 0.25) is 0 Å². The van der Waals surface area contributed by atoms with Crippen molar-refractivity contribution in [1.82, 2.24) is 5.32 Å². The first-order chi connectivity index (χ1) is 36.5. The normalized spacial score (nSPS) is 12.6. The molecule has 0 aromatic carbocycles. The summed E-state index contributed by atoms with van der Waals surface area (Å²) in [5.41, 5.74) is 0. The molecule has 0 saturated carbocycles. The number of hydrogen-bond donors (Lipinski definition) is 3. The smallest absolute Gasteiger partial charge is 0.305 e. The number of aliphatic hydroxyl groups is 2. The van der Waals surface area contributed by atoms with Crippen LogP contribution < -0.4 is 5.32 Å². The molecule has 2 atom stereocenters.